The highest BCUT2D eigenvalue weighted by atomic mass is 15.3. The van der Waals surface area contributed by atoms with E-state index in [1.54, 1.807) is 0 Å². The molecule has 90 valence electrons. The molecule has 0 amide bonds. The first-order valence-corrected chi connectivity index (χ1v) is 6.46. The minimum atomic E-state index is 0.226. The molecule has 1 saturated carbocycles. The van der Waals surface area contributed by atoms with Gasteiger partial charge in [-0.05, 0) is 47.4 Å². The second-order valence-corrected chi connectivity index (χ2v) is 7.21. The van der Waals surface area contributed by atoms with Gasteiger partial charge in [-0.15, -0.1) is 0 Å². The quantitative estimate of drug-likeness (QED) is 0.625. The smallest absolute Gasteiger partial charge is 0.378 e. The summed E-state index contributed by atoms with van der Waals surface area (Å²) in [5, 5.41) is 0. The summed E-state index contributed by atoms with van der Waals surface area (Å²) in [7, 11) is 0. The van der Waals surface area contributed by atoms with E-state index in [9.17, 15) is 0 Å². The fourth-order valence-electron chi connectivity index (χ4n) is 2.54. The third kappa shape index (κ3) is 2.09. The van der Waals surface area contributed by atoms with Crippen molar-refractivity contribution in [2.24, 2.45) is 0 Å². The van der Waals surface area contributed by atoms with Crippen molar-refractivity contribution in [1.82, 2.24) is 9.62 Å². The third-order valence-electron chi connectivity index (χ3n) is 3.55. The van der Waals surface area contributed by atoms with Crippen LogP contribution in [-0.4, -0.2) is 27.7 Å². The molecular weight excluding hydrogens is 195 g/mol. The van der Waals surface area contributed by atoms with Gasteiger partial charge in [0.25, 0.3) is 0 Å². The first-order valence-electron chi connectivity index (χ1n) is 6.46. The van der Waals surface area contributed by atoms with E-state index in [-0.39, 0.29) is 11.1 Å². The van der Waals surface area contributed by atoms with Gasteiger partial charge in [0.05, 0.1) is 0 Å². The Hall–Kier alpha value is -0.595. The number of rotatable bonds is 1. The molecule has 0 aromatic heterocycles. The van der Waals surface area contributed by atoms with E-state index in [0.717, 1.165) is 5.82 Å². The van der Waals surface area contributed by atoms with Crippen LogP contribution in [0.15, 0.2) is 12.4 Å². The van der Waals surface area contributed by atoms with E-state index in [1.165, 1.54) is 12.8 Å². The molecule has 3 heteroatoms. The molecule has 0 bridgehead atoms. The lowest BCUT2D eigenvalue weighted by Crippen LogP contribution is -2.56. The number of hydrogen-bond acceptors (Lipinski definition) is 2. The van der Waals surface area contributed by atoms with Crippen molar-refractivity contribution in [3.63, 3.8) is 0 Å². The molecule has 16 heavy (non-hydrogen) atoms. The van der Waals surface area contributed by atoms with Gasteiger partial charge in [-0.25, -0.2) is 0 Å². The van der Waals surface area contributed by atoms with Gasteiger partial charge >= 0.3 is 6.98 Å². The molecule has 0 radical (unpaired) electrons. The zero-order valence-electron chi connectivity index (χ0n) is 11.6. The maximum Gasteiger partial charge on any atom is 0.378 e. The van der Waals surface area contributed by atoms with Crippen LogP contribution in [-0.2, 0) is 0 Å². The molecule has 0 atom stereocenters. The zero-order valence-corrected chi connectivity index (χ0v) is 11.6. The maximum atomic E-state index is 2.54. The highest BCUT2D eigenvalue weighted by molar-refractivity contribution is 6.57. The Labute approximate surface area is 101 Å². The van der Waals surface area contributed by atoms with E-state index in [1.807, 2.05) is 0 Å². The van der Waals surface area contributed by atoms with Gasteiger partial charge in [-0.3, -0.25) is 0 Å². The summed E-state index contributed by atoms with van der Waals surface area (Å²) in [6.07, 6.45) is 7.36. The van der Waals surface area contributed by atoms with Gasteiger partial charge in [-0.2, -0.15) is 0 Å². The average molecular weight is 220 g/mol. The molecule has 2 nitrogen and oxygen atoms in total. The van der Waals surface area contributed by atoms with Crippen LogP contribution in [0.3, 0.4) is 0 Å². The molecule has 1 fully saturated rings. The molecule has 0 aromatic rings. The molecule has 0 unspecified atom stereocenters. The van der Waals surface area contributed by atoms with E-state index < -0.39 is 0 Å². The summed E-state index contributed by atoms with van der Waals surface area (Å²) in [5.41, 5.74) is 0.452. The molecule has 0 N–H and O–H groups in total. The van der Waals surface area contributed by atoms with Gasteiger partial charge in [-0.1, -0.05) is 12.8 Å². The van der Waals surface area contributed by atoms with Crippen LogP contribution >= 0.6 is 0 Å². The minimum absolute atomic E-state index is 0.226. The molecule has 1 aliphatic carbocycles. The molecular formula is C13H25BN2. The van der Waals surface area contributed by atoms with Crippen molar-refractivity contribution < 1.29 is 0 Å². The lowest BCUT2D eigenvalue weighted by molar-refractivity contribution is 0.278. The van der Waals surface area contributed by atoms with Crippen molar-refractivity contribution in [2.75, 3.05) is 0 Å². The Morgan fingerprint density at radius 1 is 0.875 bits per heavy atom. The summed E-state index contributed by atoms with van der Waals surface area (Å²) in [6.45, 7) is 14.4. The zero-order chi connectivity index (χ0) is 12.1. The minimum Gasteiger partial charge on any atom is -0.396 e. The van der Waals surface area contributed by atoms with Crippen LogP contribution in [0.5, 0.6) is 0 Å². The van der Waals surface area contributed by atoms with E-state index >= 15 is 0 Å². The fourth-order valence-corrected chi connectivity index (χ4v) is 2.54. The molecule has 0 spiro atoms. The summed E-state index contributed by atoms with van der Waals surface area (Å²) < 4.78 is 0. The second kappa shape index (κ2) is 3.45. The van der Waals surface area contributed by atoms with E-state index in [0.29, 0.717) is 6.98 Å². The van der Waals surface area contributed by atoms with Crippen LogP contribution in [0.1, 0.15) is 54.4 Å². The Morgan fingerprint density at radius 2 is 1.25 bits per heavy atom. The lowest BCUT2D eigenvalue weighted by atomic mass is 9.63. The van der Waals surface area contributed by atoms with Gasteiger partial charge in [0.2, 0.25) is 0 Å². The average Bonchev–Trinajstić information content (AvgIpc) is 2.79. The van der Waals surface area contributed by atoms with Crippen molar-refractivity contribution in [2.45, 2.75) is 71.3 Å². The van der Waals surface area contributed by atoms with Crippen LogP contribution in [0.25, 0.3) is 0 Å². The number of nitrogens with zero attached hydrogens (tertiary/aromatic N) is 2. The Bertz CT molecular complexity index is 270. The SMILES string of the molecule is CC(C)(C)N1C=CN(C(C)(C)C)B1C1CC1. The fraction of sp³-hybridized carbons (Fsp3) is 0.846. The summed E-state index contributed by atoms with van der Waals surface area (Å²) in [5.74, 6) is 0.869. The predicted molar refractivity (Wildman–Crippen MR) is 71.1 cm³/mol. The predicted octanol–water partition coefficient (Wildman–Crippen LogP) is 3.32. The maximum absolute atomic E-state index is 2.54. The van der Waals surface area contributed by atoms with Crippen molar-refractivity contribution in [1.29, 1.82) is 0 Å². The lowest BCUT2D eigenvalue weighted by Gasteiger charge is -2.43. The monoisotopic (exact) mass is 220 g/mol. The van der Waals surface area contributed by atoms with Crippen LogP contribution in [0.4, 0.5) is 0 Å². The Kier molecular flexibility index (Phi) is 2.56. The molecule has 0 saturated heterocycles. The second-order valence-electron chi connectivity index (χ2n) is 7.21. The van der Waals surface area contributed by atoms with Gasteiger partial charge in [0.15, 0.2) is 0 Å². The van der Waals surface area contributed by atoms with Crippen molar-refractivity contribution in [3.05, 3.63) is 12.4 Å². The Morgan fingerprint density at radius 3 is 1.50 bits per heavy atom. The summed E-state index contributed by atoms with van der Waals surface area (Å²) in [4.78, 5) is 5.08. The summed E-state index contributed by atoms with van der Waals surface area (Å²) >= 11 is 0. The van der Waals surface area contributed by atoms with Crippen LogP contribution in [0.2, 0.25) is 5.82 Å². The van der Waals surface area contributed by atoms with E-state index in [4.69, 9.17) is 0 Å². The van der Waals surface area contributed by atoms with Crippen LogP contribution < -0.4 is 0 Å². The van der Waals surface area contributed by atoms with Crippen molar-refractivity contribution >= 4 is 6.98 Å². The Balaban J connectivity index is 2.22. The molecule has 2 rings (SSSR count). The van der Waals surface area contributed by atoms with Gasteiger partial charge < -0.3 is 9.62 Å². The summed E-state index contributed by atoms with van der Waals surface area (Å²) in [6, 6.07) is 0. The standard InChI is InChI=1S/C13H25BN2/c1-12(2,3)15-9-10-16(13(4,5)6)14(15)11-7-8-11/h9-11H,7-8H2,1-6H3. The van der Waals surface area contributed by atoms with Gasteiger partial charge in [0.1, 0.15) is 0 Å². The van der Waals surface area contributed by atoms with Gasteiger partial charge in [0, 0.05) is 23.5 Å². The largest absolute Gasteiger partial charge is 0.396 e. The molecule has 2 aliphatic rings. The van der Waals surface area contributed by atoms with Crippen molar-refractivity contribution in [3.8, 4) is 0 Å². The molecule has 1 aliphatic heterocycles. The first-order chi connectivity index (χ1) is 7.21. The highest BCUT2D eigenvalue weighted by Crippen LogP contribution is 2.46. The topological polar surface area (TPSA) is 6.48 Å². The van der Waals surface area contributed by atoms with Crippen LogP contribution in [0, 0.1) is 0 Å². The normalized spacial score (nSPS) is 22.2. The number of hydrogen-bond donors (Lipinski definition) is 0. The highest BCUT2D eigenvalue weighted by Gasteiger charge is 2.50. The molecule has 1 heterocycles. The first kappa shape index (κ1) is 11.9. The van der Waals surface area contributed by atoms with E-state index in [2.05, 4.69) is 63.6 Å². The third-order valence-corrected chi connectivity index (χ3v) is 3.55. The molecule has 0 aromatic carbocycles.